The van der Waals surface area contributed by atoms with Crippen LogP contribution in [0.15, 0.2) is 30.6 Å². The highest BCUT2D eigenvalue weighted by atomic mass is 16.5. The molecule has 0 radical (unpaired) electrons. The van der Waals surface area contributed by atoms with Crippen molar-refractivity contribution in [2.75, 3.05) is 5.73 Å². The van der Waals surface area contributed by atoms with E-state index in [0.717, 1.165) is 5.56 Å². The summed E-state index contributed by atoms with van der Waals surface area (Å²) < 4.78 is 5.34. The highest BCUT2D eigenvalue weighted by molar-refractivity contribution is 5.62. The number of para-hydroxylation sites is 1. The van der Waals surface area contributed by atoms with E-state index in [-0.39, 0.29) is 17.4 Å². The zero-order valence-electron chi connectivity index (χ0n) is 8.71. The maximum atomic E-state index is 9.38. The lowest BCUT2D eigenvalue weighted by molar-refractivity contribution is 0.434. The maximum absolute atomic E-state index is 9.38. The second-order valence-electron chi connectivity index (χ2n) is 3.33. The first-order chi connectivity index (χ1) is 7.66. The van der Waals surface area contributed by atoms with E-state index in [2.05, 4.69) is 9.97 Å². The molecule has 0 aliphatic rings. The Morgan fingerprint density at radius 1 is 1.25 bits per heavy atom. The first kappa shape index (κ1) is 10.2. The summed E-state index contributed by atoms with van der Waals surface area (Å²) in [4.78, 5) is 7.95. The number of nitrogen functional groups attached to an aromatic ring is 1. The number of benzene rings is 1. The Hall–Kier alpha value is -2.30. The molecule has 0 saturated carbocycles. The number of rotatable bonds is 2. The van der Waals surface area contributed by atoms with Gasteiger partial charge in [0.1, 0.15) is 11.4 Å². The molecule has 1 aromatic carbocycles. The van der Waals surface area contributed by atoms with Crippen LogP contribution in [-0.4, -0.2) is 15.1 Å². The number of hydrogen-bond acceptors (Lipinski definition) is 5. The predicted molar refractivity (Wildman–Crippen MR) is 59.4 cm³/mol. The summed E-state index contributed by atoms with van der Waals surface area (Å²) in [6.07, 6.45) is 3.28. The van der Waals surface area contributed by atoms with E-state index in [9.17, 15) is 5.11 Å². The zero-order valence-corrected chi connectivity index (χ0v) is 8.71. The van der Waals surface area contributed by atoms with Crippen molar-refractivity contribution in [2.45, 2.75) is 6.92 Å². The summed E-state index contributed by atoms with van der Waals surface area (Å²) in [5, 5.41) is 9.38. The minimum Gasteiger partial charge on any atom is -0.506 e. The van der Waals surface area contributed by atoms with Gasteiger partial charge in [-0.3, -0.25) is 0 Å². The van der Waals surface area contributed by atoms with Crippen molar-refractivity contribution in [3.05, 3.63) is 36.2 Å². The molecule has 0 saturated heterocycles. The predicted octanol–water partition coefficient (Wildman–Crippen LogP) is 1.87. The van der Waals surface area contributed by atoms with Crippen molar-refractivity contribution in [3.8, 4) is 17.5 Å². The van der Waals surface area contributed by atoms with E-state index in [4.69, 9.17) is 10.5 Å². The first-order valence-corrected chi connectivity index (χ1v) is 4.71. The van der Waals surface area contributed by atoms with E-state index >= 15 is 0 Å². The number of anilines is 1. The van der Waals surface area contributed by atoms with Gasteiger partial charge >= 0.3 is 6.01 Å². The maximum Gasteiger partial charge on any atom is 0.321 e. The van der Waals surface area contributed by atoms with Crippen LogP contribution in [0, 0.1) is 6.92 Å². The second-order valence-corrected chi connectivity index (χ2v) is 3.33. The van der Waals surface area contributed by atoms with Crippen LogP contribution in [-0.2, 0) is 0 Å². The van der Waals surface area contributed by atoms with E-state index < -0.39 is 0 Å². The average Bonchev–Trinajstić information content (AvgIpc) is 2.28. The summed E-state index contributed by atoms with van der Waals surface area (Å²) in [5.74, 6) is 0.313. The molecular weight excluding hydrogens is 206 g/mol. The Labute approximate surface area is 92.5 Å². The van der Waals surface area contributed by atoms with Crippen molar-refractivity contribution >= 4 is 5.69 Å². The number of phenols is 1. The fourth-order valence-electron chi connectivity index (χ4n) is 1.15. The third kappa shape index (κ3) is 2.03. The van der Waals surface area contributed by atoms with Crippen molar-refractivity contribution in [2.24, 2.45) is 0 Å². The number of aromatic hydroxyl groups is 1. The van der Waals surface area contributed by atoms with Gasteiger partial charge < -0.3 is 15.6 Å². The Bertz CT molecular complexity index is 497. The molecule has 2 rings (SSSR count). The minimum atomic E-state index is -0.0235. The van der Waals surface area contributed by atoms with Gasteiger partial charge in [0, 0.05) is 12.4 Å². The molecule has 0 aliphatic carbocycles. The lowest BCUT2D eigenvalue weighted by Gasteiger charge is -2.07. The Morgan fingerprint density at radius 3 is 2.62 bits per heavy atom. The summed E-state index contributed by atoms with van der Waals surface area (Å²) in [7, 11) is 0. The largest absolute Gasteiger partial charge is 0.506 e. The van der Waals surface area contributed by atoms with E-state index in [1.165, 1.54) is 6.07 Å². The highest BCUT2D eigenvalue weighted by Crippen LogP contribution is 2.32. The van der Waals surface area contributed by atoms with Crippen LogP contribution < -0.4 is 10.5 Å². The highest BCUT2D eigenvalue weighted by Gasteiger charge is 2.07. The third-order valence-corrected chi connectivity index (χ3v) is 2.00. The number of ether oxygens (including phenoxy) is 1. The smallest absolute Gasteiger partial charge is 0.321 e. The molecule has 2 aromatic rings. The van der Waals surface area contributed by atoms with Crippen LogP contribution in [0.3, 0.4) is 0 Å². The number of nitrogens with two attached hydrogens (primary N) is 1. The molecule has 1 heterocycles. The van der Waals surface area contributed by atoms with Crippen LogP contribution in [0.25, 0.3) is 0 Å². The van der Waals surface area contributed by atoms with Crippen molar-refractivity contribution in [1.82, 2.24) is 9.97 Å². The Kier molecular flexibility index (Phi) is 2.59. The quantitative estimate of drug-likeness (QED) is 0.592. The van der Waals surface area contributed by atoms with Crippen molar-refractivity contribution in [3.63, 3.8) is 0 Å². The number of hydrogen-bond donors (Lipinski definition) is 2. The molecule has 3 N–H and O–H groups in total. The van der Waals surface area contributed by atoms with Gasteiger partial charge in [-0.25, -0.2) is 9.97 Å². The second kappa shape index (κ2) is 4.06. The first-order valence-electron chi connectivity index (χ1n) is 4.71. The summed E-state index contributed by atoms with van der Waals surface area (Å²) in [6.45, 7) is 1.88. The molecule has 0 amide bonds. The summed E-state index contributed by atoms with van der Waals surface area (Å²) in [5.41, 5.74) is 6.74. The third-order valence-electron chi connectivity index (χ3n) is 2.00. The minimum absolute atomic E-state index is 0.0235. The monoisotopic (exact) mass is 217 g/mol. The SMILES string of the molecule is Cc1cnc(Oc2cccc(O)c2N)nc1. The molecule has 0 aliphatic heterocycles. The standard InChI is InChI=1S/C11H11N3O2/c1-7-5-13-11(14-6-7)16-9-4-2-3-8(15)10(9)12/h2-6,15H,12H2,1H3. The molecule has 82 valence electrons. The molecule has 0 atom stereocenters. The number of nitrogens with zero attached hydrogens (tertiary/aromatic N) is 2. The van der Waals surface area contributed by atoms with Gasteiger partial charge in [0.2, 0.25) is 0 Å². The molecule has 0 unspecified atom stereocenters. The van der Waals surface area contributed by atoms with Crippen LogP contribution >= 0.6 is 0 Å². The molecule has 16 heavy (non-hydrogen) atoms. The zero-order chi connectivity index (χ0) is 11.5. The molecule has 0 spiro atoms. The topological polar surface area (TPSA) is 81.3 Å². The van der Waals surface area contributed by atoms with E-state index in [0.29, 0.717) is 5.75 Å². The van der Waals surface area contributed by atoms with Crippen LogP contribution in [0.4, 0.5) is 5.69 Å². The van der Waals surface area contributed by atoms with Gasteiger partial charge in [0.15, 0.2) is 5.75 Å². The lowest BCUT2D eigenvalue weighted by atomic mass is 10.3. The number of phenolic OH excluding ortho intramolecular Hbond substituents is 1. The van der Waals surface area contributed by atoms with Gasteiger partial charge in [-0.1, -0.05) is 6.07 Å². The fraction of sp³-hybridized carbons (Fsp3) is 0.0909. The lowest BCUT2D eigenvalue weighted by Crippen LogP contribution is -1.95. The van der Waals surface area contributed by atoms with Gasteiger partial charge in [-0.2, -0.15) is 0 Å². The van der Waals surface area contributed by atoms with Crippen molar-refractivity contribution < 1.29 is 9.84 Å². The Morgan fingerprint density at radius 2 is 1.94 bits per heavy atom. The molecular formula is C11H11N3O2. The molecule has 5 nitrogen and oxygen atoms in total. The van der Waals surface area contributed by atoms with E-state index in [1.54, 1.807) is 24.5 Å². The average molecular weight is 217 g/mol. The van der Waals surface area contributed by atoms with Crippen molar-refractivity contribution in [1.29, 1.82) is 0 Å². The summed E-state index contributed by atoms with van der Waals surface area (Å²) in [6, 6.07) is 4.95. The van der Waals surface area contributed by atoms with E-state index in [1.807, 2.05) is 6.92 Å². The van der Waals surface area contributed by atoms with Gasteiger partial charge in [-0.05, 0) is 24.6 Å². The number of aromatic nitrogens is 2. The van der Waals surface area contributed by atoms with Gasteiger partial charge in [0.05, 0.1) is 0 Å². The normalized spacial score (nSPS) is 10.1. The molecule has 5 heteroatoms. The molecule has 0 bridgehead atoms. The summed E-state index contributed by atoms with van der Waals surface area (Å²) >= 11 is 0. The Balaban J connectivity index is 2.27. The van der Waals surface area contributed by atoms with Gasteiger partial charge in [0.25, 0.3) is 0 Å². The number of aryl methyl sites for hydroxylation is 1. The van der Waals surface area contributed by atoms with Crippen LogP contribution in [0.2, 0.25) is 0 Å². The fourth-order valence-corrected chi connectivity index (χ4v) is 1.15. The molecule has 0 fully saturated rings. The molecule has 1 aromatic heterocycles. The van der Waals surface area contributed by atoms with Gasteiger partial charge in [-0.15, -0.1) is 0 Å². The van der Waals surface area contributed by atoms with Crippen LogP contribution in [0.1, 0.15) is 5.56 Å². The van der Waals surface area contributed by atoms with Crippen LogP contribution in [0.5, 0.6) is 17.5 Å².